The van der Waals surface area contributed by atoms with Crippen molar-refractivity contribution >= 4 is 35.1 Å². The normalized spacial score (nSPS) is 10.3. The van der Waals surface area contributed by atoms with Crippen LogP contribution in [0.4, 0.5) is 11.5 Å². The standard InChI is InChI=1S/C20H18N4O4S/c21-17-16(22-18(26)14-9-5-2-6-10-14)19(27)24-20(23-17)29-12-15(25)28-11-13-7-3-1-4-8-13/h1-10H,11-12H2,(H,22,26)(H3,21,23,24,27). The predicted molar refractivity (Wildman–Crippen MR) is 111 cm³/mol. The molecule has 8 nitrogen and oxygen atoms in total. The molecule has 0 saturated heterocycles. The Kier molecular flexibility index (Phi) is 6.64. The van der Waals surface area contributed by atoms with Crippen LogP contribution in [-0.4, -0.2) is 27.6 Å². The number of H-pyrrole nitrogens is 1. The van der Waals surface area contributed by atoms with Crippen molar-refractivity contribution in [1.29, 1.82) is 0 Å². The van der Waals surface area contributed by atoms with Gasteiger partial charge in [-0.05, 0) is 17.7 Å². The van der Waals surface area contributed by atoms with Gasteiger partial charge in [-0.2, -0.15) is 0 Å². The number of amides is 1. The SMILES string of the molecule is Nc1nc(SCC(=O)OCc2ccccc2)[nH]c(=O)c1NC(=O)c1ccccc1. The van der Waals surface area contributed by atoms with Crippen LogP contribution >= 0.6 is 11.8 Å². The molecule has 0 spiro atoms. The molecule has 148 valence electrons. The maximum absolute atomic E-state index is 12.3. The Labute approximate surface area is 170 Å². The monoisotopic (exact) mass is 410 g/mol. The van der Waals surface area contributed by atoms with E-state index in [1.807, 2.05) is 30.3 Å². The summed E-state index contributed by atoms with van der Waals surface area (Å²) >= 11 is 0.982. The number of hydrogen-bond acceptors (Lipinski definition) is 7. The fraction of sp³-hybridized carbons (Fsp3) is 0.100. The Balaban J connectivity index is 1.58. The minimum Gasteiger partial charge on any atom is -0.460 e. The summed E-state index contributed by atoms with van der Waals surface area (Å²) in [6.45, 7) is 0.163. The number of rotatable bonds is 7. The first-order chi connectivity index (χ1) is 14.0. The molecule has 0 saturated carbocycles. The number of anilines is 2. The molecule has 0 aliphatic heterocycles. The lowest BCUT2D eigenvalue weighted by atomic mass is 10.2. The minimum atomic E-state index is -0.609. The molecule has 3 aromatic rings. The summed E-state index contributed by atoms with van der Waals surface area (Å²) in [6.07, 6.45) is 0. The van der Waals surface area contributed by atoms with Gasteiger partial charge < -0.3 is 15.8 Å². The van der Waals surface area contributed by atoms with Crippen molar-refractivity contribution in [2.75, 3.05) is 16.8 Å². The summed E-state index contributed by atoms with van der Waals surface area (Å²) in [7, 11) is 0. The Hall–Kier alpha value is -3.59. The minimum absolute atomic E-state index is 0.0507. The zero-order chi connectivity index (χ0) is 20.6. The summed E-state index contributed by atoms with van der Waals surface area (Å²) in [5.74, 6) is -1.13. The number of aromatic amines is 1. The van der Waals surface area contributed by atoms with E-state index in [2.05, 4.69) is 15.3 Å². The molecule has 3 rings (SSSR count). The number of nitrogens with zero attached hydrogens (tertiary/aromatic N) is 1. The van der Waals surface area contributed by atoms with Gasteiger partial charge in [0.2, 0.25) is 0 Å². The summed E-state index contributed by atoms with van der Waals surface area (Å²) in [6, 6.07) is 17.7. The molecule has 0 fully saturated rings. The third-order valence-electron chi connectivity index (χ3n) is 3.77. The average molecular weight is 410 g/mol. The van der Waals surface area contributed by atoms with Crippen LogP contribution in [0.1, 0.15) is 15.9 Å². The Morgan fingerprint density at radius 3 is 2.38 bits per heavy atom. The number of nitrogens with one attached hydrogen (secondary N) is 2. The van der Waals surface area contributed by atoms with Crippen LogP contribution < -0.4 is 16.6 Å². The van der Waals surface area contributed by atoms with Crippen LogP contribution in [0.3, 0.4) is 0 Å². The van der Waals surface area contributed by atoms with E-state index >= 15 is 0 Å². The van der Waals surface area contributed by atoms with E-state index in [1.54, 1.807) is 30.3 Å². The zero-order valence-electron chi connectivity index (χ0n) is 15.3. The molecular weight excluding hydrogens is 392 g/mol. The van der Waals surface area contributed by atoms with Gasteiger partial charge in [0, 0.05) is 5.56 Å². The molecule has 2 aromatic carbocycles. The van der Waals surface area contributed by atoms with E-state index < -0.39 is 17.4 Å². The predicted octanol–water partition coefficient (Wildman–Crippen LogP) is 2.44. The van der Waals surface area contributed by atoms with Gasteiger partial charge in [-0.25, -0.2) is 4.98 Å². The number of hydrogen-bond donors (Lipinski definition) is 3. The van der Waals surface area contributed by atoms with Crippen molar-refractivity contribution < 1.29 is 14.3 Å². The lowest BCUT2D eigenvalue weighted by Crippen LogP contribution is -2.23. The summed E-state index contributed by atoms with van der Waals surface area (Å²) < 4.78 is 5.17. The maximum atomic E-state index is 12.3. The first-order valence-electron chi connectivity index (χ1n) is 8.61. The van der Waals surface area contributed by atoms with E-state index in [0.717, 1.165) is 17.3 Å². The molecule has 4 N–H and O–H groups in total. The summed E-state index contributed by atoms with van der Waals surface area (Å²) in [5.41, 5.74) is 6.32. The third kappa shape index (κ3) is 5.69. The van der Waals surface area contributed by atoms with Crippen molar-refractivity contribution in [2.45, 2.75) is 11.8 Å². The molecular formula is C20H18N4O4S. The number of carbonyl (C=O) groups is 2. The van der Waals surface area contributed by atoms with E-state index in [1.165, 1.54) is 0 Å². The number of aromatic nitrogens is 2. The summed E-state index contributed by atoms with van der Waals surface area (Å²) in [5, 5.41) is 2.61. The molecule has 0 unspecified atom stereocenters. The zero-order valence-corrected chi connectivity index (χ0v) is 16.1. The van der Waals surface area contributed by atoms with E-state index in [0.29, 0.717) is 5.56 Å². The quantitative estimate of drug-likeness (QED) is 0.310. The fourth-order valence-corrected chi connectivity index (χ4v) is 3.01. The topological polar surface area (TPSA) is 127 Å². The van der Waals surface area contributed by atoms with Crippen LogP contribution in [0.2, 0.25) is 0 Å². The van der Waals surface area contributed by atoms with Gasteiger partial charge in [-0.1, -0.05) is 60.3 Å². The van der Waals surface area contributed by atoms with Crippen LogP contribution in [0.25, 0.3) is 0 Å². The Bertz CT molecular complexity index is 1060. The van der Waals surface area contributed by atoms with Crippen LogP contribution in [-0.2, 0) is 16.1 Å². The van der Waals surface area contributed by atoms with Gasteiger partial charge in [0.15, 0.2) is 11.0 Å². The van der Waals surface area contributed by atoms with Gasteiger partial charge in [-0.15, -0.1) is 0 Å². The number of carbonyl (C=O) groups excluding carboxylic acids is 2. The second kappa shape index (κ2) is 9.56. The highest BCUT2D eigenvalue weighted by Crippen LogP contribution is 2.17. The highest BCUT2D eigenvalue weighted by atomic mass is 32.2. The van der Waals surface area contributed by atoms with Gasteiger partial charge in [0.1, 0.15) is 12.3 Å². The maximum Gasteiger partial charge on any atom is 0.316 e. The first kappa shape index (κ1) is 20.2. The van der Waals surface area contributed by atoms with E-state index in [-0.39, 0.29) is 29.0 Å². The number of benzene rings is 2. The van der Waals surface area contributed by atoms with E-state index in [9.17, 15) is 14.4 Å². The number of thioether (sulfide) groups is 1. The second-order valence-electron chi connectivity index (χ2n) is 5.89. The van der Waals surface area contributed by atoms with Crippen LogP contribution in [0, 0.1) is 0 Å². The van der Waals surface area contributed by atoms with Crippen LogP contribution in [0.5, 0.6) is 0 Å². The van der Waals surface area contributed by atoms with Gasteiger partial charge in [0.05, 0.1) is 5.75 Å². The molecule has 1 aromatic heterocycles. The number of nitrogens with two attached hydrogens (primary N) is 1. The molecule has 9 heteroatoms. The molecule has 1 amide bonds. The van der Waals surface area contributed by atoms with Crippen molar-refractivity contribution in [3.8, 4) is 0 Å². The number of esters is 1. The van der Waals surface area contributed by atoms with Gasteiger partial charge in [0.25, 0.3) is 11.5 Å². The Morgan fingerprint density at radius 2 is 1.72 bits per heavy atom. The number of nitrogen functional groups attached to an aromatic ring is 1. The Morgan fingerprint density at radius 1 is 1.07 bits per heavy atom. The molecule has 1 heterocycles. The molecule has 29 heavy (non-hydrogen) atoms. The van der Waals surface area contributed by atoms with Crippen molar-refractivity contribution in [1.82, 2.24) is 9.97 Å². The molecule has 0 aliphatic rings. The van der Waals surface area contributed by atoms with Crippen molar-refractivity contribution in [3.05, 3.63) is 82.1 Å². The lowest BCUT2D eigenvalue weighted by molar-refractivity contribution is -0.141. The molecule has 0 atom stereocenters. The van der Waals surface area contributed by atoms with Crippen molar-refractivity contribution in [3.63, 3.8) is 0 Å². The first-order valence-corrected chi connectivity index (χ1v) is 9.60. The highest BCUT2D eigenvalue weighted by Gasteiger charge is 2.15. The second-order valence-corrected chi connectivity index (χ2v) is 6.85. The van der Waals surface area contributed by atoms with E-state index in [4.69, 9.17) is 10.5 Å². The average Bonchev–Trinajstić information content (AvgIpc) is 2.74. The number of ether oxygens (including phenoxy) is 1. The molecule has 0 bridgehead atoms. The third-order valence-corrected chi connectivity index (χ3v) is 4.62. The largest absolute Gasteiger partial charge is 0.460 e. The smallest absolute Gasteiger partial charge is 0.316 e. The fourth-order valence-electron chi connectivity index (χ4n) is 2.34. The summed E-state index contributed by atoms with van der Waals surface area (Å²) in [4.78, 5) is 42.9. The lowest BCUT2D eigenvalue weighted by Gasteiger charge is -2.08. The van der Waals surface area contributed by atoms with Crippen LogP contribution in [0.15, 0.2) is 70.6 Å². The molecule has 0 radical (unpaired) electrons. The highest BCUT2D eigenvalue weighted by molar-refractivity contribution is 7.99. The van der Waals surface area contributed by atoms with Crippen molar-refractivity contribution in [2.24, 2.45) is 0 Å². The molecule has 0 aliphatic carbocycles. The van der Waals surface area contributed by atoms with Gasteiger partial charge >= 0.3 is 5.97 Å². The van der Waals surface area contributed by atoms with Gasteiger partial charge in [-0.3, -0.25) is 19.4 Å².